The monoisotopic (exact) mass is 484 g/mol. The average molecular weight is 485 g/mol. The van der Waals surface area contributed by atoms with Crippen molar-refractivity contribution in [3.8, 4) is 5.88 Å². The first-order chi connectivity index (χ1) is 16.6. The van der Waals surface area contributed by atoms with Crippen LogP contribution in [0.4, 0.5) is 0 Å². The minimum atomic E-state index is -0.724. The Labute approximate surface area is 203 Å². The van der Waals surface area contributed by atoms with Crippen LogP contribution in [0.25, 0.3) is 11.7 Å². The highest BCUT2D eigenvalue weighted by Gasteiger charge is 2.34. The third kappa shape index (κ3) is 4.80. The van der Waals surface area contributed by atoms with Gasteiger partial charge in [0.2, 0.25) is 17.7 Å². The van der Waals surface area contributed by atoms with E-state index in [0.29, 0.717) is 25.1 Å². The van der Waals surface area contributed by atoms with Crippen LogP contribution >= 0.6 is 0 Å². The number of hydrogen-bond acceptors (Lipinski definition) is 6. The number of hydrogen-bond donors (Lipinski definition) is 2. The molecule has 11 nitrogen and oxygen atoms in total. The molecule has 2 fully saturated rings. The molecule has 0 bridgehead atoms. The third-order valence-corrected chi connectivity index (χ3v) is 6.27. The quantitative estimate of drug-likeness (QED) is 0.561. The lowest BCUT2D eigenvalue weighted by Gasteiger charge is -2.25. The van der Waals surface area contributed by atoms with Crippen molar-refractivity contribution in [2.75, 3.05) is 20.6 Å². The number of fused-ring (bicyclic) bond motifs is 1. The summed E-state index contributed by atoms with van der Waals surface area (Å²) < 4.78 is 2.57. The second kappa shape index (κ2) is 9.55. The molecule has 35 heavy (non-hydrogen) atoms. The SMILES string of the molecule is CC(C)Cn1c(O)c(C(=O)NC2CC2)c(=O)n2ncc(/C=C/C(=O)N3CCC[C@H]3C(=O)N(C)C)c12. The van der Waals surface area contributed by atoms with Gasteiger partial charge in [-0.15, -0.1) is 0 Å². The van der Waals surface area contributed by atoms with E-state index in [4.69, 9.17) is 0 Å². The number of nitrogens with one attached hydrogen (secondary N) is 1. The molecule has 11 heteroatoms. The van der Waals surface area contributed by atoms with Gasteiger partial charge in [-0.1, -0.05) is 13.8 Å². The highest BCUT2D eigenvalue weighted by Crippen LogP contribution is 2.25. The zero-order valence-corrected chi connectivity index (χ0v) is 20.5. The summed E-state index contributed by atoms with van der Waals surface area (Å²) in [5, 5.41) is 17.9. The van der Waals surface area contributed by atoms with Crippen molar-refractivity contribution >= 4 is 29.4 Å². The van der Waals surface area contributed by atoms with E-state index in [0.717, 1.165) is 23.8 Å². The number of aromatic hydroxyl groups is 1. The molecule has 0 radical (unpaired) electrons. The molecule has 1 aliphatic carbocycles. The Morgan fingerprint density at radius 1 is 1.26 bits per heavy atom. The Bertz CT molecular complexity index is 1250. The van der Waals surface area contributed by atoms with Crippen LogP contribution < -0.4 is 10.9 Å². The smallest absolute Gasteiger partial charge is 0.291 e. The van der Waals surface area contributed by atoms with Gasteiger partial charge in [-0.05, 0) is 37.7 Å². The normalized spacial score (nSPS) is 18.1. The maximum atomic E-state index is 13.1. The molecule has 4 rings (SSSR count). The molecular weight excluding hydrogens is 452 g/mol. The summed E-state index contributed by atoms with van der Waals surface area (Å²) in [7, 11) is 3.33. The van der Waals surface area contributed by atoms with Crippen molar-refractivity contribution in [2.24, 2.45) is 5.92 Å². The van der Waals surface area contributed by atoms with Crippen LogP contribution in [-0.4, -0.2) is 79.5 Å². The molecule has 188 valence electrons. The molecule has 0 spiro atoms. The van der Waals surface area contributed by atoms with Gasteiger partial charge in [0.25, 0.3) is 11.5 Å². The number of carbonyl (C=O) groups excluding carboxylic acids is 3. The lowest BCUT2D eigenvalue weighted by Crippen LogP contribution is -2.44. The van der Waals surface area contributed by atoms with E-state index < -0.39 is 23.4 Å². The van der Waals surface area contributed by atoms with Crippen LogP contribution in [0.3, 0.4) is 0 Å². The maximum absolute atomic E-state index is 13.1. The number of nitrogens with zero attached hydrogens (tertiary/aromatic N) is 5. The molecule has 1 aliphatic heterocycles. The first-order valence-corrected chi connectivity index (χ1v) is 11.9. The Kier molecular flexibility index (Phi) is 6.68. The Hall–Kier alpha value is -3.63. The van der Waals surface area contributed by atoms with Crippen LogP contribution in [0.15, 0.2) is 17.1 Å². The van der Waals surface area contributed by atoms with Crippen LogP contribution in [0.5, 0.6) is 5.88 Å². The van der Waals surface area contributed by atoms with Crippen molar-refractivity contribution in [3.63, 3.8) is 0 Å². The van der Waals surface area contributed by atoms with Gasteiger partial charge in [-0.25, -0.2) is 0 Å². The van der Waals surface area contributed by atoms with E-state index in [-0.39, 0.29) is 35.0 Å². The summed E-state index contributed by atoms with van der Waals surface area (Å²) in [5.41, 5.74) is -0.342. The van der Waals surface area contributed by atoms with Crippen molar-refractivity contribution in [1.82, 2.24) is 29.3 Å². The highest BCUT2D eigenvalue weighted by molar-refractivity contribution is 5.98. The molecule has 2 N–H and O–H groups in total. The van der Waals surface area contributed by atoms with Gasteiger partial charge in [0, 0.05) is 44.9 Å². The summed E-state index contributed by atoms with van der Waals surface area (Å²) >= 11 is 0. The summed E-state index contributed by atoms with van der Waals surface area (Å²) in [6.45, 7) is 4.71. The fourth-order valence-corrected chi connectivity index (χ4v) is 4.39. The number of likely N-dealkylation sites (N-methyl/N-ethyl adjacent to an activating group) is 1. The van der Waals surface area contributed by atoms with Crippen LogP contribution in [0.1, 0.15) is 55.5 Å². The molecule has 3 heterocycles. The highest BCUT2D eigenvalue weighted by atomic mass is 16.3. The third-order valence-electron chi connectivity index (χ3n) is 6.27. The number of rotatable bonds is 7. The lowest BCUT2D eigenvalue weighted by molar-refractivity contribution is -0.139. The Morgan fingerprint density at radius 2 is 1.97 bits per heavy atom. The maximum Gasteiger partial charge on any atom is 0.291 e. The van der Waals surface area contributed by atoms with Gasteiger partial charge >= 0.3 is 0 Å². The van der Waals surface area contributed by atoms with E-state index in [2.05, 4.69) is 10.4 Å². The van der Waals surface area contributed by atoms with Crippen LogP contribution in [0, 0.1) is 5.92 Å². The molecule has 2 aromatic heterocycles. The van der Waals surface area contributed by atoms with Crippen molar-refractivity contribution < 1.29 is 19.5 Å². The summed E-state index contributed by atoms with van der Waals surface area (Å²) in [6.07, 6.45) is 7.35. The number of carbonyl (C=O) groups is 3. The number of aromatic nitrogens is 3. The van der Waals surface area contributed by atoms with E-state index in [1.165, 1.54) is 27.8 Å². The second-order valence-electron chi connectivity index (χ2n) is 9.85. The van der Waals surface area contributed by atoms with Gasteiger partial charge in [-0.2, -0.15) is 9.61 Å². The van der Waals surface area contributed by atoms with E-state index in [9.17, 15) is 24.3 Å². The van der Waals surface area contributed by atoms with Gasteiger partial charge in [0.15, 0.2) is 5.56 Å². The number of likely N-dealkylation sites (tertiary alicyclic amines) is 1. The minimum Gasteiger partial charge on any atom is -0.494 e. The second-order valence-corrected chi connectivity index (χ2v) is 9.85. The van der Waals surface area contributed by atoms with Crippen molar-refractivity contribution in [3.05, 3.63) is 33.8 Å². The fourth-order valence-electron chi connectivity index (χ4n) is 4.39. The number of amides is 3. The summed E-state index contributed by atoms with van der Waals surface area (Å²) in [5.74, 6) is -1.39. The molecule has 2 aromatic rings. The molecule has 0 aromatic carbocycles. The molecule has 1 atom stereocenters. The zero-order valence-electron chi connectivity index (χ0n) is 20.5. The van der Waals surface area contributed by atoms with E-state index >= 15 is 0 Å². The first-order valence-electron chi connectivity index (χ1n) is 11.9. The van der Waals surface area contributed by atoms with Crippen molar-refractivity contribution in [2.45, 2.75) is 58.2 Å². The molecule has 3 amide bonds. The zero-order chi connectivity index (χ0) is 25.4. The van der Waals surface area contributed by atoms with Crippen LogP contribution in [-0.2, 0) is 16.1 Å². The molecule has 1 saturated heterocycles. The summed E-state index contributed by atoms with van der Waals surface area (Å²) in [4.78, 5) is 54.2. The van der Waals surface area contributed by atoms with E-state index in [1.807, 2.05) is 13.8 Å². The fraction of sp³-hybridized carbons (Fsp3) is 0.542. The topological polar surface area (TPSA) is 129 Å². The van der Waals surface area contributed by atoms with E-state index in [1.54, 1.807) is 19.0 Å². The molecule has 1 saturated carbocycles. The van der Waals surface area contributed by atoms with Gasteiger partial charge in [0.1, 0.15) is 11.7 Å². The van der Waals surface area contributed by atoms with Gasteiger partial charge in [-0.3, -0.25) is 23.7 Å². The van der Waals surface area contributed by atoms with Crippen LogP contribution in [0.2, 0.25) is 0 Å². The predicted octanol–water partition coefficient (Wildman–Crippen LogP) is 0.842. The molecule has 2 aliphatic rings. The molecule has 0 unspecified atom stereocenters. The Balaban J connectivity index is 1.71. The Morgan fingerprint density at radius 3 is 2.60 bits per heavy atom. The average Bonchev–Trinajstić information content (AvgIpc) is 3.30. The lowest BCUT2D eigenvalue weighted by atomic mass is 10.2. The predicted molar refractivity (Wildman–Crippen MR) is 129 cm³/mol. The summed E-state index contributed by atoms with van der Waals surface area (Å²) in [6, 6.07) is -0.478. The first kappa shape index (κ1) is 24.5. The van der Waals surface area contributed by atoms with Crippen molar-refractivity contribution in [1.29, 1.82) is 0 Å². The standard InChI is InChI=1S/C24H32N6O5/c1-14(2)13-29-21-15(7-10-18(31)28-11-5-6-17(28)22(33)27(3)4)12-25-30(21)24(35)19(23(29)34)20(32)26-16-8-9-16/h7,10,12,14,16-17,34H,5-6,8-9,11,13H2,1-4H3,(H,26,32)/b10-7+/t17-/m0/s1. The largest absolute Gasteiger partial charge is 0.494 e. The van der Waals surface area contributed by atoms with Gasteiger partial charge < -0.3 is 20.2 Å². The molecular formula is C24H32N6O5. The van der Waals surface area contributed by atoms with Gasteiger partial charge in [0.05, 0.1) is 6.20 Å². The minimum absolute atomic E-state index is 0.0199.